The number of rotatable bonds is 3. The number of benzene rings is 1. The molecule has 0 saturated heterocycles. The van der Waals surface area contributed by atoms with Crippen molar-refractivity contribution in [2.45, 2.75) is 6.92 Å². The first-order valence-corrected chi connectivity index (χ1v) is 6.12. The largest absolute Gasteiger partial charge is 0.373 e. The third-order valence-electron chi connectivity index (χ3n) is 2.50. The Balaban J connectivity index is 2.37. The summed E-state index contributed by atoms with van der Waals surface area (Å²) in [6.07, 6.45) is 1.45. The van der Waals surface area contributed by atoms with Crippen LogP contribution in [0.5, 0.6) is 0 Å². The maximum atomic E-state index is 13.2. The average molecular weight is 311 g/mol. The number of halogens is 2. The lowest BCUT2D eigenvalue weighted by molar-refractivity contribution is 0.628. The molecule has 0 aliphatic rings. The van der Waals surface area contributed by atoms with Gasteiger partial charge in [0.2, 0.25) is 0 Å². The summed E-state index contributed by atoms with van der Waals surface area (Å²) >= 11 is 3.36. The number of aromatic nitrogens is 2. The maximum absolute atomic E-state index is 13.2. The first kappa shape index (κ1) is 12.8. The van der Waals surface area contributed by atoms with Crippen LogP contribution in [0.4, 0.5) is 21.7 Å². The number of hydrogen-bond donors (Lipinski definition) is 2. The minimum Gasteiger partial charge on any atom is -0.373 e. The Morgan fingerprint density at radius 2 is 1.94 bits per heavy atom. The van der Waals surface area contributed by atoms with Gasteiger partial charge in [-0.2, -0.15) is 0 Å². The number of nitrogens with one attached hydrogen (secondary N) is 2. The molecular weight excluding hydrogens is 299 g/mol. The molecule has 1 aromatic heterocycles. The highest BCUT2D eigenvalue weighted by Crippen LogP contribution is 2.28. The summed E-state index contributed by atoms with van der Waals surface area (Å²) < 4.78 is 14.0. The lowest BCUT2D eigenvalue weighted by atomic mass is 10.2. The summed E-state index contributed by atoms with van der Waals surface area (Å²) in [5.74, 6) is 1.07. The minimum absolute atomic E-state index is 0.304. The number of hydrogen-bond acceptors (Lipinski definition) is 4. The van der Waals surface area contributed by atoms with Gasteiger partial charge in [-0.1, -0.05) is 0 Å². The van der Waals surface area contributed by atoms with E-state index in [9.17, 15) is 4.39 Å². The third kappa shape index (κ3) is 2.59. The molecule has 0 bridgehead atoms. The van der Waals surface area contributed by atoms with Crippen molar-refractivity contribution in [3.63, 3.8) is 0 Å². The first-order valence-electron chi connectivity index (χ1n) is 5.33. The highest BCUT2D eigenvalue weighted by Gasteiger charge is 2.08. The van der Waals surface area contributed by atoms with Gasteiger partial charge in [0.05, 0.1) is 5.69 Å². The van der Waals surface area contributed by atoms with Crippen molar-refractivity contribution in [1.29, 1.82) is 0 Å². The predicted molar refractivity (Wildman–Crippen MR) is 73.7 cm³/mol. The summed E-state index contributed by atoms with van der Waals surface area (Å²) in [6.45, 7) is 1.89. The molecule has 0 fully saturated rings. The van der Waals surface area contributed by atoms with Crippen LogP contribution in [-0.4, -0.2) is 17.0 Å². The van der Waals surface area contributed by atoms with Crippen molar-refractivity contribution in [3.05, 3.63) is 40.4 Å². The quantitative estimate of drug-likeness (QED) is 0.911. The normalized spacial score (nSPS) is 10.2. The zero-order valence-electron chi connectivity index (χ0n) is 9.96. The first-order chi connectivity index (χ1) is 8.61. The smallest absolute Gasteiger partial charge is 0.138 e. The molecule has 2 rings (SSSR count). The molecule has 0 aliphatic heterocycles. The van der Waals surface area contributed by atoms with E-state index in [1.807, 2.05) is 6.92 Å². The highest BCUT2D eigenvalue weighted by molar-refractivity contribution is 9.10. The second kappa shape index (κ2) is 5.30. The van der Waals surface area contributed by atoms with Crippen LogP contribution in [0.2, 0.25) is 0 Å². The second-order valence-corrected chi connectivity index (χ2v) is 4.55. The van der Waals surface area contributed by atoms with Crippen molar-refractivity contribution in [1.82, 2.24) is 9.97 Å². The molecule has 4 nitrogen and oxygen atoms in total. The van der Waals surface area contributed by atoms with Gasteiger partial charge >= 0.3 is 0 Å². The van der Waals surface area contributed by atoms with Gasteiger partial charge in [-0.05, 0) is 41.1 Å². The van der Waals surface area contributed by atoms with Crippen LogP contribution < -0.4 is 10.6 Å². The number of anilines is 3. The van der Waals surface area contributed by atoms with E-state index in [4.69, 9.17) is 0 Å². The van der Waals surface area contributed by atoms with E-state index in [0.717, 1.165) is 15.9 Å². The fraction of sp³-hybridized carbons (Fsp3) is 0.167. The molecule has 6 heteroatoms. The molecule has 0 aliphatic carbocycles. The maximum Gasteiger partial charge on any atom is 0.138 e. The van der Waals surface area contributed by atoms with Crippen LogP contribution in [0.3, 0.4) is 0 Å². The monoisotopic (exact) mass is 310 g/mol. The van der Waals surface area contributed by atoms with Crippen LogP contribution >= 0.6 is 15.9 Å². The molecule has 2 N–H and O–H groups in total. The Labute approximate surface area is 113 Å². The lowest BCUT2D eigenvalue weighted by Crippen LogP contribution is -2.03. The van der Waals surface area contributed by atoms with Crippen molar-refractivity contribution in [3.8, 4) is 0 Å². The minimum atomic E-state index is -0.304. The van der Waals surface area contributed by atoms with E-state index < -0.39 is 0 Å². The molecule has 1 aromatic carbocycles. The van der Waals surface area contributed by atoms with E-state index in [1.54, 1.807) is 13.1 Å². The fourth-order valence-corrected chi connectivity index (χ4v) is 1.89. The molecule has 2 aromatic rings. The van der Waals surface area contributed by atoms with Gasteiger partial charge in [0.15, 0.2) is 0 Å². The Morgan fingerprint density at radius 1 is 1.22 bits per heavy atom. The van der Waals surface area contributed by atoms with Crippen molar-refractivity contribution in [2.75, 3.05) is 17.7 Å². The summed E-state index contributed by atoms with van der Waals surface area (Å²) in [5.41, 5.74) is 1.50. The van der Waals surface area contributed by atoms with Gasteiger partial charge in [-0.25, -0.2) is 14.4 Å². The van der Waals surface area contributed by atoms with Gasteiger partial charge in [0, 0.05) is 17.1 Å². The lowest BCUT2D eigenvalue weighted by Gasteiger charge is -2.12. The molecule has 0 spiro atoms. The second-order valence-electron chi connectivity index (χ2n) is 3.70. The molecule has 0 unspecified atom stereocenters. The molecule has 94 valence electrons. The zero-order chi connectivity index (χ0) is 13.1. The Hall–Kier alpha value is -1.69. The van der Waals surface area contributed by atoms with E-state index in [-0.39, 0.29) is 5.82 Å². The van der Waals surface area contributed by atoms with E-state index >= 15 is 0 Å². The van der Waals surface area contributed by atoms with Crippen molar-refractivity contribution >= 4 is 33.3 Å². The summed E-state index contributed by atoms with van der Waals surface area (Å²) in [6, 6.07) is 4.44. The molecular formula is C12H12BrFN4. The van der Waals surface area contributed by atoms with E-state index in [1.165, 1.54) is 18.5 Å². The topological polar surface area (TPSA) is 49.8 Å². The summed E-state index contributed by atoms with van der Waals surface area (Å²) in [4.78, 5) is 8.24. The highest BCUT2D eigenvalue weighted by atomic mass is 79.9. The van der Waals surface area contributed by atoms with E-state index in [2.05, 4.69) is 36.5 Å². The third-order valence-corrected chi connectivity index (χ3v) is 3.19. The fourth-order valence-electron chi connectivity index (χ4n) is 1.55. The van der Waals surface area contributed by atoms with Crippen LogP contribution in [0, 0.1) is 12.7 Å². The molecule has 0 radical (unpaired) electrons. The van der Waals surface area contributed by atoms with Gasteiger partial charge in [-0.15, -0.1) is 0 Å². The zero-order valence-corrected chi connectivity index (χ0v) is 11.5. The Morgan fingerprint density at radius 3 is 2.67 bits per heavy atom. The van der Waals surface area contributed by atoms with Crippen LogP contribution in [0.1, 0.15) is 5.56 Å². The van der Waals surface area contributed by atoms with Crippen LogP contribution in [0.25, 0.3) is 0 Å². The van der Waals surface area contributed by atoms with E-state index in [0.29, 0.717) is 11.5 Å². The molecule has 1 heterocycles. The van der Waals surface area contributed by atoms with Crippen LogP contribution in [0.15, 0.2) is 29.0 Å². The SMILES string of the molecule is CNc1ncnc(Nc2cc(F)ccc2Br)c1C. The summed E-state index contributed by atoms with van der Waals surface area (Å²) in [7, 11) is 1.79. The van der Waals surface area contributed by atoms with Gasteiger partial charge in [0.1, 0.15) is 23.8 Å². The molecule has 0 amide bonds. The Kier molecular flexibility index (Phi) is 3.76. The molecule has 0 atom stereocenters. The predicted octanol–water partition coefficient (Wildman–Crippen LogP) is 3.47. The van der Waals surface area contributed by atoms with Crippen LogP contribution in [-0.2, 0) is 0 Å². The average Bonchev–Trinajstić information content (AvgIpc) is 2.36. The summed E-state index contributed by atoms with van der Waals surface area (Å²) in [5, 5.41) is 6.05. The van der Waals surface area contributed by atoms with Gasteiger partial charge in [0.25, 0.3) is 0 Å². The van der Waals surface area contributed by atoms with Crippen molar-refractivity contribution in [2.24, 2.45) is 0 Å². The number of nitrogens with zero attached hydrogens (tertiary/aromatic N) is 2. The van der Waals surface area contributed by atoms with Crippen molar-refractivity contribution < 1.29 is 4.39 Å². The molecule has 0 saturated carbocycles. The van der Waals surface area contributed by atoms with Gasteiger partial charge < -0.3 is 10.6 Å². The molecule has 18 heavy (non-hydrogen) atoms. The van der Waals surface area contributed by atoms with Gasteiger partial charge in [-0.3, -0.25) is 0 Å². The Bertz CT molecular complexity index is 574. The standard InChI is InChI=1S/C12H12BrFN4/c1-7-11(15-2)16-6-17-12(7)18-10-5-8(14)3-4-9(10)13/h3-6H,1-2H3,(H2,15,16,17,18).